The smallest absolute Gasteiger partial charge is 0.226 e. The Hall–Kier alpha value is -2.63. The van der Waals surface area contributed by atoms with Crippen LogP contribution in [-0.4, -0.2) is 25.8 Å². The van der Waals surface area contributed by atoms with Crippen molar-refractivity contribution in [1.29, 1.82) is 0 Å². The lowest BCUT2D eigenvalue weighted by molar-refractivity contribution is 0.244. The molecule has 1 aromatic carbocycles. The third kappa shape index (κ3) is 3.36. The quantitative estimate of drug-likeness (QED) is 0.755. The third-order valence-electron chi connectivity index (χ3n) is 5.37. The van der Waals surface area contributed by atoms with E-state index in [1.54, 1.807) is 6.33 Å². The van der Waals surface area contributed by atoms with Gasteiger partial charge in [0, 0.05) is 17.3 Å². The van der Waals surface area contributed by atoms with Gasteiger partial charge < -0.3 is 9.73 Å². The number of nitrogens with zero attached hydrogens (tertiary/aromatic N) is 4. The molecule has 1 N–H and O–H groups in total. The van der Waals surface area contributed by atoms with Gasteiger partial charge >= 0.3 is 0 Å². The van der Waals surface area contributed by atoms with Gasteiger partial charge in [0.2, 0.25) is 5.89 Å². The number of benzene rings is 1. The van der Waals surface area contributed by atoms with Gasteiger partial charge in [0.05, 0.1) is 11.7 Å². The Morgan fingerprint density at radius 2 is 1.96 bits per heavy atom. The molecule has 0 bridgehead atoms. The van der Waals surface area contributed by atoms with Crippen molar-refractivity contribution in [2.75, 3.05) is 5.32 Å². The number of aryl methyl sites for hydroxylation is 2. The number of rotatable bonds is 4. The van der Waals surface area contributed by atoms with Crippen molar-refractivity contribution in [2.45, 2.75) is 52.1 Å². The molecule has 2 heterocycles. The second-order valence-corrected chi connectivity index (χ2v) is 7.35. The van der Waals surface area contributed by atoms with Crippen LogP contribution in [0.1, 0.15) is 43.7 Å². The van der Waals surface area contributed by atoms with Crippen LogP contribution in [-0.2, 0) is 0 Å². The van der Waals surface area contributed by atoms with E-state index in [2.05, 4.69) is 51.6 Å². The van der Waals surface area contributed by atoms with Crippen molar-refractivity contribution in [3.8, 4) is 11.5 Å². The minimum absolute atomic E-state index is 0.331. The van der Waals surface area contributed by atoms with E-state index < -0.39 is 0 Å². The van der Waals surface area contributed by atoms with Crippen LogP contribution in [0.4, 0.5) is 5.69 Å². The van der Waals surface area contributed by atoms with E-state index in [0.717, 1.165) is 35.5 Å². The number of hydrogen-bond donors (Lipinski definition) is 1. The summed E-state index contributed by atoms with van der Waals surface area (Å²) in [5.41, 5.74) is 3.05. The summed E-state index contributed by atoms with van der Waals surface area (Å²) in [4.78, 5) is 8.60. The molecule has 3 unspecified atom stereocenters. The lowest BCUT2D eigenvalue weighted by Crippen LogP contribution is -2.36. The van der Waals surface area contributed by atoms with Crippen LogP contribution in [0.15, 0.2) is 41.3 Å². The highest BCUT2D eigenvalue weighted by Gasteiger charge is 2.30. The third-order valence-corrected chi connectivity index (χ3v) is 5.37. The zero-order valence-electron chi connectivity index (χ0n) is 15.5. The Balaban J connectivity index is 1.50. The summed E-state index contributed by atoms with van der Waals surface area (Å²) in [5.74, 6) is 2.26. The molecule has 3 aromatic rings. The topological polar surface area (TPSA) is 68.8 Å². The monoisotopic (exact) mass is 351 g/mol. The van der Waals surface area contributed by atoms with Crippen LogP contribution in [0, 0.1) is 19.8 Å². The minimum atomic E-state index is 0.331. The summed E-state index contributed by atoms with van der Waals surface area (Å²) in [6.07, 6.45) is 6.93. The second kappa shape index (κ2) is 6.94. The van der Waals surface area contributed by atoms with Gasteiger partial charge in [0.15, 0.2) is 0 Å². The van der Waals surface area contributed by atoms with Gasteiger partial charge in [-0.15, -0.1) is 0 Å². The highest BCUT2D eigenvalue weighted by Crippen LogP contribution is 2.34. The largest absolute Gasteiger partial charge is 0.441 e. The molecule has 0 saturated heterocycles. The molecule has 4 rings (SSSR count). The summed E-state index contributed by atoms with van der Waals surface area (Å²) >= 11 is 0. The van der Waals surface area contributed by atoms with Gasteiger partial charge in [-0.1, -0.05) is 6.92 Å². The first-order chi connectivity index (χ1) is 12.6. The van der Waals surface area contributed by atoms with E-state index in [4.69, 9.17) is 4.42 Å². The molecule has 0 aliphatic heterocycles. The molecule has 6 nitrogen and oxygen atoms in total. The lowest BCUT2D eigenvalue weighted by Gasteiger charge is -2.35. The predicted octanol–water partition coefficient (Wildman–Crippen LogP) is 4.39. The fourth-order valence-electron chi connectivity index (χ4n) is 3.72. The summed E-state index contributed by atoms with van der Waals surface area (Å²) in [6.45, 7) is 6.22. The number of nitrogens with one attached hydrogen (secondary N) is 1. The van der Waals surface area contributed by atoms with E-state index in [1.165, 1.54) is 6.42 Å². The zero-order valence-corrected chi connectivity index (χ0v) is 15.5. The second-order valence-electron chi connectivity index (χ2n) is 7.35. The van der Waals surface area contributed by atoms with Crippen molar-refractivity contribution in [3.63, 3.8) is 0 Å². The average Bonchev–Trinajstić information content (AvgIpc) is 3.28. The fraction of sp³-hybridized carbons (Fsp3) is 0.450. The first-order valence-electron chi connectivity index (χ1n) is 9.25. The molecule has 1 aliphatic rings. The zero-order chi connectivity index (χ0) is 18.1. The van der Waals surface area contributed by atoms with Crippen LogP contribution >= 0.6 is 0 Å². The Kier molecular flexibility index (Phi) is 4.49. The molecule has 0 spiro atoms. The van der Waals surface area contributed by atoms with Crippen LogP contribution < -0.4 is 5.32 Å². The SMILES string of the molecule is Cc1nc(-c2ccc(NC3CCC(C)CC3n3cncn3)cc2)oc1C. The summed E-state index contributed by atoms with van der Waals surface area (Å²) < 4.78 is 7.72. The normalized spacial score (nSPS) is 23.1. The van der Waals surface area contributed by atoms with Crippen LogP contribution in [0.3, 0.4) is 0 Å². The van der Waals surface area contributed by atoms with E-state index in [1.807, 2.05) is 24.9 Å². The minimum Gasteiger partial charge on any atom is -0.441 e. The molecule has 136 valence electrons. The van der Waals surface area contributed by atoms with E-state index in [0.29, 0.717) is 23.9 Å². The molecule has 1 fully saturated rings. The van der Waals surface area contributed by atoms with Gasteiger partial charge in [-0.05, 0) is 63.3 Å². The number of anilines is 1. The maximum atomic E-state index is 5.72. The maximum absolute atomic E-state index is 5.72. The summed E-state index contributed by atoms with van der Waals surface area (Å²) in [5, 5.41) is 8.07. The number of oxazole rings is 1. The van der Waals surface area contributed by atoms with Crippen molar-refractivity contribution in [2.24, 2.45) is 5.92 Å². The lowest BCUT2D eigenvalue weighted by atomic mass is 9.83. The fourth-order valence-corrected chi connectivity index (χ4v) is 3.72. The average molecular weight is 351 g/mol. The summed E-state index contributed by atoms with van der Waals surface area (Å²) in [7, 11) is 0. The molecule has 1 saturated carbocycles. The molecule has 2 aromatic heterocycles. The van der Waals surface area contributed by atoms with Gasteiger partial charge in [0.25, 0.3) is 0 Å². The summed E-state index contributed by atoms with van der Waals surface area (Å²) in [6, 6.07) is 9.00. The highest BCUT2D eigenvalue weighted by molar-refractivity contribution is 5.59. The van der Waals surface area contributed by atoms with Crippen LogP contribution in [0.5, 0.6) is 0 Å². The Morgan fingerprint density at radius 3 is 2.62 bits per heavy atom. The first kappa shape index (κ1) is 16.8. The Morgan fingerprint density at radius 1 is 1.15 bits per heavy atom. The molecule has 26 heavy (non-hydrogen) atoms. The predicted molar refractivity (Wildman–Crippen MR) is 101 cm³/mol. The van der Waals surface area contributed by atoms with Gasteiger partial charge in [0.1, 0.15) is 18.4 Å². The molecular weight excluding hydrogens is 326 g/mol. The Bertz CT molecular complexity index is 833. The van der Waals surface area contributed by atoms with Gasteiger partial charge in [-0.25, -0.2) is 14.6 Å². The van der Waals surface area contributed by atoms with Crippen molar-refractivity contribution >= 4 is 5.69 Å². The molecular formula is C20H25N5O. The van der Waals surface area contributed by atoms with Crippen LogP contribution in [0.25, 0.3) is 11.5 Å². The molecule has 0 radical (unpaired) electrons. The van der Waals surface area contributed by atoms with Crippen LogP contribution in [0.2, 0.25) is 0 Å². The molecule has 3 atom stereocenters. The van der Waals surface area contributed by atoms with Gasteiger partial charge in [-0.3, -0.25) is 0 Å². The van der Waals surface area contributed by atoms with Gasteiger partial charge in [-0.2, -0.15) is 5.10 Å². The molecule has 6 heteroatoms. The van der Waals surface area contributed by atoms with Crippen molar-refractivity contribution in [3.05, 3.63) is 48.4 Å². The van der Waals surface area contributed by atoms with Crippen molar-refractivity contribution in [1.82, 2.24) is 19.7 Å². The standard InChI is InChI=1S/C20H25N5O/c1-13-4-9-18(19(10-13)25-12-21-11-22-25)24-17-7-5-16(6-8-17)20-23-14(2)15(3)26-20/h5-8,11-13,18-19,24H,4,9-10H2,1-3H3. The van der Waals surface area contributed by atoms with Crippen molar-refractivity contribution < 1.29 is 4.42 Å². The Labute approximate surface area is 153 Å². The van der Waals surface area contributed by atoms with E-state index in [-0.39, 0.29) is 0 Å². The molecule has 0 amide bonds. The maximum Gasteiger partial charge on any atom is 0.226 e. The first-order valence-corrected chi connectivity index (χ1v) is 9.25. The number of aromatic nitrogens is 4. The molecule has 1 aliphatic carbocycles. The highest BCUT2D eigenvalue weighted by atomic mass is 16.4. The van der Waals surface area contributed by atoms with E-state index >= 15 is 0 Å². The number of hydrogen-bond acceptors (Lipinski definition) is 5. The van der Waals surface area contributed by atoms with E-state index in [9.17, 15) is 0 Å².